The lowest BCUT2D eigenvalue weighted by Gasteiger charge is -2.14. The zero-order chi connectivity index (χ0) is 12.3. The van der Waals surface area contributed by atoms with Crippen LogP contribution in [0.3, 0.4) is 0 Å². The first-order valence-corrected chi connectivity index (χ1v) is 5.16. The van der Waals surface area contributed by atoms with Gasteiger partial charge in [0.2, 0.25) is 0 Å². The van der Waals surface area contributed by atoms with Gasteiger partial charge in [0.05, 0.1) is 18.5 Å². The predicted octanol–water partition coefficient (Wildman–Crippen LogP) is 1.06. The lowest BCUT2D eigenvalue weighted by molar-refractivity contribution is -0.138. The molecule has 1 aliphatic rings. The number of rotatable bonds is 3. The minimum Gasteiger partial charge on any atom is -0.461 e. The van der Waals surface area contributed by atoms with Gasteiger partial charge in [-0.1, -0.05) is 0 Å². The van der Waals surface area contributed by atoms with E-state index in [9.17, 15) is 9.18 Å². The summed E-state index contributed by atoms with van der Waals surface area (Å²) in [6.45, 7) is 2.05. The van der Waals surface area contributed by atoms with Gasteiger partial charge in [0.1, 0.15) is 5.82 Å². The Balaban J connectivity index is 2.10. The first-order chi connectivity index (χ1) is 8.20. The molecule has 2 N–H and O–H groups in total. The quantitative estimate of drug-likeness (QED) is 0.770. The highest BCUT2D eigenvalue weighted by atomic mass is 19.1. The molecule has 0 bridgehead atoms. The normalized spacial score (nSPS) is 14.2. The van der Waals surface area contributed by atoms with E-state index in [1.165, 1.54) is 12.1 Å². The van der Waals surface area contributed by atoms with Gasteiger partial charge < -0.3 is 4.74 Å². The van der Waals surface area contributed by atoms with Gasteiger partial charge in [-0.3, -0.25) is 10.4 Å². The van der Waals surface area contributed by atoms with Crippen LogP contribution >= 0.6 is 0 Å². The summed E-state index contributed by atoms with van der Waals surface area (Å²) in [6.07, 6.45) is 1.55. The maximum atomic E-state index is 12.7. The van der Waals surface area contributed by atoms with Crippen molar-refractivity contribution >= 4 is 11.7 Å². The van der Waals surface area contributed by atoms with Gasteiger partial charge in [-0.25, -0.2) is 9.18 Å². The summed E-state index contributed by atoms with van der Waals surface area (Å²) in [6, 6.07) is 5.86. The molecule has 1 aromatic rings. The molecule has 90 valence electrons. The highest BCUT2D eigenvalue weighted by Gasteiger charge is 2.19. The monoisotopic (exact) mass is 237 g/mol. The summed E-state index contributed by atoms with van der Waals surface area (Å²) in [7, 11) is 0. The number of hydrogen-bond donors (Lipinski definition) is 2. The van der Waals surface area contributed by atoms with Crippen molar-refractivity contribution in [3.8, 4) is 0 Å². The number of ether oxygens (including phenoxy) is 1. The number of anilines is 1. The van der Waals surface area contributed by atoms with Crippen LogP contribution in [-0.2, 0) is 9.53 Å². The van der Waals surface area contributed by atoms with Crippen LogP contribution in [0.15, 0.2) is 36.2 Å². The number of carbonyl (C=O) groups is 1. The summed E-state index contributed by atoms with van der Waals surface area (Å²) in [5.41, 5.74) is 6.43. The Hall–Kier alpha value is -2.08. The van der Waals surface area contributed by atoms with Crippen molar-refractivity contribution in [1.29, 1.82) is 0 Å². The van der Waals surface area contributed by atoms with Crippen LogP contribution in [0.1, 0.15) is 6.92 Å². The molecule has 1 heterocycles. The van der Waals surface area contributed by atoms with E-state index in [2.05, 4.69) is 11.0 Å². The molecule has 0 aliphatic carbocycles. The number of nitrogens with one attached hydrogen (secondary N) is 2. The minimum absolute atomic E-state index is 0.302. The second-order valence-electron chi connectivity index (χ2n) is 3.35. The summed E-state index contributed by atoms with van der Waals surface area (Å²) >= 11 is 0. The summed E-state index contributed by atoms with van der Waals surface area (Å²) in [5.74, 6) is -0.750. The molecule has 0 aromatic heterocycles. The number of halogens is 1. The Bertz CT molecular complexity index is 445. The number of esters is 1. The fourth-order valence-corrected chi connectivity index (χ4v) is 1.37. The van der Waals surface area contributed by atoms with Crippen molar-refractivity contribution in [1.82, 2.24) is 11.0 Å². The first-order valence-electron chi connectivity index (χ1n) is 5.16. The molecule has 6 heteroatoms. The Morgan fingerprint density at radius 1 is 1.41 bits per heavy atom. The van der Waals surface area contributed by atoms with Crippen molar-refractivity contribution < 1.29 is 13.9 Å². The van der Waals surface area contributed by atoms with Gasteiger partial charge in [-0.05, 0) is 31.2 Å². The maximum Gasteiger partial charge on any atom is 0.357 e. The Morgan fingerprint density at radius 3 is 2.76 bits per heavy atom. The van der Waals surface area contributed by atoms with Gasteiger partial charge in [0.25, 0.3) is 0 Å². The molecule has 0 fully saturated rings. The molecule has 0 saturated carbocycles. The molecule has 5 nitrogen and oxygen atoms in total. The van der Waals surface area contributed by atoms with Crippen LogP contribution in [0.4, 0.5) is 10.1 Å². The SMILES string of the molecule is CCOC(=O)C1=CN(c2ccc(F)cc2)NN1. The number of carbonyl (C=O) groups excluding carboxylic acids is 1. The van der Waals surface area contributed by atoms with Crippen LogP contribution in [0.2, 0.25) is 0 Å². The maximum absolute atomic E-state index is 12.7. The zero-order valence-corrected chi connectivity index (χ0v) is 9.24. The van der Waals surface area contributed by atoms with E-state index in [-0.39, 0.29) is 5.82 Å². The predicted molar refractivity (Wildman–Crippen MR) is 59.9 cm³/mol. The standard InChI is InChI=1S/C11H12FN3O2/c1-2-17-11(16)10-7-15(14-13-10)9-5-3-8(12)4-6-9/h3-7,13-14H,2H2,1H3. The molecule has 2 rings (SSSR count). The molecule has 0 saturated heterocycles. The third kappa shape index (κ3) is 2.54. The fourth-order valence-electron chi connectivity index (χ4n) is 1.37. The van der Waals surface area contributed by atoms with Gasteiger partial charge in [-0.15, -0.1) is 5.53 Å². The number of benzene rings is 1. The largest absolute Gasteiger partial charge is 0.461 e. The Morgan fingerprint density at radius 2 is 2.12 bits per heavy atom. The van der Waals surface area contributed by atoms with Gasteiger partial charge in [0.15, 0.2) is 5.70 Å². The molecule has 0 spiro atoms. The van der Waals surface area contributed by atoms with Crippen LogP contribution in [0.25, 0.3) is 0 Å². The second kappa shape index (κ2) is 4.84. The molecule has 0 amide bonds. The third-order valence-corrected chi connectivity index (χ3v) is 2.17. The second-order valence-corrected chi connectivity index (χ2v) is 3.35. The van der Waals surface area contributed by atoms with E-state index in [4.69, 9.17) is 4.74 Å². The number of nitrogens with zero attached hydrogens (tertiary/aromatic N) is 1. The lowest BCUT2D eigenvalue weighted by Crippen LogP contribution is -2.37. The molecule has 0 unspecified atom stereocenters. The average molecular weight is 237 g/mol. The third-order valence-electron chi connectivity index (χ3n) is 2.17. The van der Waals surface area contributed by atoms with Crippen molar-refractivity contribution in [2.45, 2.75) is 6.92 Å². The number of hydrogen-bond acceptors (Lipinski definition) is 5. The first kappa shape index (κ1) is 11.4. The summed E-state index contributed by atoms with van der Waals surface area (Å²) in [5, 5.41) is 1.56. The Labute approximate surface area is 97.8 Å². The van der Waals surface area contributed by atoms with Crippen molar-refractivity contribution in [3.63, 3.8) is 0 Å². The highest BCUT2D eigenvalue weighted by molar-refractivity contribution is 5.88. The molecule has 1 aromatic carbocycles. The van der Waals surface area contributed by atoms with E-state index in [0.29, 0.717) is 18.0 Å². The average Bonchev–Trinajstić information content (AvgIpc) is 2.80. The van der Waals surface area contributed by atoms with E-state index < -0.39 is 5.97 Å². The number of hydrazine groups is 2. The van der Waals surface area contributed by atoms with Crippen LogP contribution in [-0.4, -0.2) is 12.6 Å². The van der Waals surface area contributed by atoms with Crippen molar-refractivity contribution in [2.24, 2.45) is 0 Å². The van der Waals surface area contributed by atoms with Crippen LogP contribution < -0.4 is 16.0 Å². The van der Waals surface area contributed by atoms with E-state index in [0.717, 1.165) is 0 Å². The van der Waals surface area contributed by atoms with Crippen molar-refractivity contribution in [2.75, 3.05) is 11.6 Å². The van der Waals surface area contributed by atoms with Gasteiger partial charge in [0, 0.05) is 0 Å². The Kier molecular flexibility index (Phi) is 3.24. The van der Waals surface area contributed by atoms with E-state index >= 15 is 0 Å². The topological polar surface area (TPSA) is 53.6 Å². The molecule has 0 radical (unpaired) electrons. The van der Waals surface area contributed by atoms with E-state index in [1.807, 2.05) is 0 Å². The molecule has 1 aliphatic heterocycles. The van der Waals surface area contributed by atoms with Crippen LogP contribution in [0, 0.1) is 5.82 Å². The zero-order valence-electron chi connectivity index (χ0n) is 9.24. The van der Waals surface area contributed by atoms with Crippen LogP contribution in [0.5, 0.6) is 0 Å². The van der Waals surface area contributed by atoms with E-state index in [1.54, 1.807) is 30.3 Å². The minimum atomic E-state index is -0.440. The fraction of sp³-hybridized carbons (Fsp3) is 0.182. The van der Waals surface area contributed by atoms with Gasteiger partial charge in [-0.2, -0.15) is 0 Å². The molecular formula is C11H12FN3O2. The van der Waals surface area contributed by atoms with Crippen molar-refractivity contribution in [3.05, 3.63) is 42.0 Å². The molecular weight excluding hydrogens is 225 g/mol. The molecule has 0 atom stereocenters. The van der Waals surface area contributed by atoms with Gasteiger partial charge >= 0.3 is 5.97 Å². The summed E-state index contributed by atoms with van der Waals surface area (Å²) in [4.78, 5) is 11.4. The lowest BCUT2D eigenvalue weighted by atomic mass is 10.3. The smallest absolute Gasteiger partial charge is 0.357 e. The summed E-state index contributed by atoms with van der Waals surface area (Å²) < 4.78 is 17.6. The highest BCUT2D eigenvalue weighted by Crippen LogP contribution is 2.16. The molecule has 17 heavy (non-hydrogen) atoms.